The van der Waals surface area contributed by atoms with E-state index in [1.807, 2.05) is 81.5 Å². The summed E-state index contributed by atoms with van der Waals surface area (Å²) in [5.74, 6) is -0.442. The molecule has 8 N–H and O–H groups in total. The van der Waals surface area contributed by atoms with E-state index in [1.54, 1.807) is 45.1 Å². The third-order valence-corrected chi connectivity index (χ3v) is 12.2. The minimum absolute atomic E-state index is 0.0183. The molecule has 0 bridgehead atoms. The van der Waals surface area contributed by atoms with Crippen LogP contribution >= 0.6 is 0 Å². The first kappa shape index (κ1) is 54.6. The first-order valence-corrected chi connectivity index (χ1v) is 24.1. The van der Waals surface area contributed by atoms with Crippen LogP contribution in [0, 0.1) is 11.8 Å². The standard InChI is InChI=1S/C50H72N4O16/c1-7-34-19-18-29(2)44(64-34)67-41-30(3)22-37(51-23-33(56)24-52-48(60)70-50(4,5)6)39(57)43(41)69-46-40(58)42(38(26-55)66-46)68-45-36(54-49(61)63-28-32-16-12-9-13-17-32)21-20-35(65-45)25-53-47(59)62-27-31-14-10-8-11-15-31/h8-21,29-30,33-46,51,55-58H,7,22-28H2,1-6H3,(H,52,60)(H,53,59)(H,54,61). The molecule has 16 atom stereocenters. The molecule has 3 aliphatic heterocycles. The van der Waals surface area contributed by atoms with Crippen molar-refractivity contribution in [2.75, 3.05) is 26.2 Å². The molecular weight excluding hydrogens is 913 g/mol. The summed E-state index contributed by atoms with van der Waals surface area (Å²) in [4.78, 5) is 38.0. The van der Waals surface area contributed by atoms with E-state index >= 15 is 0 Å². The first-order valence-electron chi connectivity index (χ1n) is 24.1. The van der Waals surface area contributed by atoms with E-state index in [-0.39, 0.29) is 50.8 Å². The molecular formula is C50H72N4O16. The van der Waals surface area contributed by atoms with Crippen LogP contribution in [0.4, 0.5) is 14.4 Å². The number of hydrogen-bond acceptors (Lipinski definition) is 17. The molecule has 0 spiro atoms. The minimum Gasteiger partial charge on any atom is -0.445 e. The van der Waals surface area contributed by atoms with Gasteiger partial charge in [0.1, 0.15) is 49.3 Å². The van der Waals surface area contributed by atoms with Crippen molar-refractivity contribution in [3.8, 4) is 0 Å². The lowest BCUT2D eigenvalue weighted by atomic mass is 9.80. The highest BCUT2D eigenvalue weighted by atomic mass is 16.8. The Morgan fingerprint density at radius 3 is 1.97 bits per heavy atom. The van der Waals surface area contributed by atoms with Gasteiger partial charge in [-0.2, -0.15) is 0 Å². The lowest BCUT2D eigenvalue weighted by Gasteiger charge is -2.46. The molecule has 2 fully saturated rings. The average molecular weight is 985 g/mol. The quantitative estimate of drug-likeness (QED) is 0.0699. The summed E-state index contributed by atoms with van der Waals surface area (Å²) >= 11 is 0. The summed E-state index contributed by atoms with van der Waals surface area (Å²) < 4.78 is 54.3. The molecule has 0 aromatic heterocycles. The topological polar surface area (TPSA) is 263 Å². The summed E-state index contributed by atoms with van der Waals surface area (Å²) in [5, 5.41) is 56.6. The molecule has 3 heterocycles. The van der Waals surface area contributed by atoms with E-state index in [0.29, 0.717) is 12.8 Å². The van der Waals surface area contributed by atoms with Gasteiger partial charge in [0.15, 0.2) is 18.9 Å². The van der Waals surface area contributed by atoms with Gasteiger partial charge in [-0.15, -0.1) is 0 Å². The van der Waals surface area contributed by atoms with Crippen molar-refractivity contribution in [3.05, 3.63) is 96.1 Å². The van der Waals surface area contributed by atoms with E-state index in [4.69, 9.17) is 42.6 Å². The normalized spacial score (nSPS) is 32.4. The highest BCUT2D eigenvalue weighted by Crippen LogP contribution is 2.37. The highest BCUT2D eigenvalue weighted by Gasteiger charge is 2.53. The Morgan fingerprint density at radius 2 is 1.33 bits per heavy atom. The third kappa shape index (κ3) is 16.2. The number of benzene rings is 2. The molecule has 20 heteroatoms. The maximum atomic E-state index is 13.1. The number of alkyl carbamates (subject to hydrolysis) is 3. The van der Waals surface area contributed by atoms with Gasteiger partial charge in [-0.1, -0.05) is 106 Å². The van der Waals surface area contributed by atoms with Crippen molar-refractivity contribution in [3.63, 3.8) is 0 Å². The van der Waals surface area contributed by atoms with Crippen molar-refractivity contribution in [2.24, 2.45) is 11.8 Å². The molecule has 0 radical (unpaired) electrons. The van der Waals surface area contributed by atoms with Crippen LogP contribution in [0.25, 0.3) is 0 Å². The second kappa shape index (κ2) is 26.1. The number of carbonyl (C=O) groups is 3. The van der Waals surface area contributed by atoms with Gasteiger partial charge in [0.05, 0.1) is 43.7 Å². The molecule has 70 heavy (non-hydrogen) atoms. The number of amides is 3. The molecule has 1 aliphatic carbocycles. The summed E-state index contributed by atoms with van der Waals surface area (Å²) in [6.45, 7) is 10.3. The third-order valence-electron chi connectivity index (χ3n) is 12.2. The molecule has 388 valence electrons. The number of nitrogens with one attached hydrogen (secondary N) is 4. The van der Waals surface area contributed by atoms with Crippen LogP contribution in [0.2, 0.25) is 0 Å². The molecule has 4 aliphatic rings. The smallest absolute Gasteiger partial charge is 0.408 e. The van der Waals surface area contributed by atoms with E-state index in [2.05, 4.69) is 21.3 Å². The van der Waals surface area contributed by atoms with Crippen molar-refractivity contribution in [1.29, 1.82) is 0 Å². The molecule has 6 rings (SSSR count). The van der Waals surface area contributed by atoms with Crippen LogP contribution in [0.3, 0.4) is 0 Å². The Labute approximate surface area is 409 Å². The second-order valence-electron chi connectivity index (χ2n) is 19.1. The zero-order valence-corrected chi connectivity index (χ0v) is 40.7. The SMILES string of the molecule is CCC1C=CC(C)C(OC2C(C)CC(NCC(O)CNC(=O)OC(C)(C)C)C(O)C2OC2OC(CO)C(OC3OC(CNC(=O)OCc4ccccc4)C=CC3NC(=O)OCc3ccccc3)C2O)O1. The van der Waals surface area contributed by atoms with E-state index in [0.717, 1.165) is 11.1 Å². The van der Waals surface area contributed by atoms with Gasteiger partial charge in [0.2, 0.25) is 0 Å². The largest absolute Gasteiger partial charge is 0.445 e. The summed E-state index contributed by atoms with van der Waals surface area (Å²) in [6, 6.07) is 16.6. The molecule has 3 amide bonds. The summed E-state index contributed by atoms with van der Waals surface area (Å²) in [5.41, 5.74) is 0.836. The molecule has 1 saturated carbocycles. The van der Waals surface area contributed by atoms with Crippen LogP contribution in [-0.2, 0) is 55.8 Å². The number of hydrogen-bond donors (Lipinski definition) is 8. The van der Waals surface area contributed by atoms with E-state index in [9.17, 15) is 34.8 Å². The molecule has 2 aromatic carbocycles. The first-order chi connectivity index (χ1) is 33.5. The van der Waals surface area contributed by atoms with Gasteiger partial charge in [0.25, 0.3) is 0 Å². The number of aliphatic hydroxyl groups excluding tert-OH is 4. The average Bonchev–Trinajstić information content (AvgIpc) is 3.64. The Bertz CT molecular complexity index is 1990. The van der Waals surface area contributed by atoms with Crippen molar-refractivity contribution in [1.82, 2.24) is 21.3 Å². The Kier molecular flexibility index (Phi) is 20.4. The summed E-state index contributed by atoms with van der Waals surface area (Å²) in [7, 11) is 0. The van der Waals surface area contributed by atoms with Gasteiger partial charge in [0, 0.05) is 25.0 Å². The van der Waals surface area contributed by atoms with Crippen molar-refractivity contribution < 1.29 is 77.4 Å². The number of carbonyl (C=O) groups excluding carboxylic acids is 3. The van der Waals surface area contributed by atoms with Crippen LogP contribution < -0.4 is 21.3 Å². The number of rotatable bonds is 20. The minimum atomic E-state index is -1.60. The maximum absolute atomic E-state index is 13.1. The Hall–Kier alpha value is -4.71. The Balaban J connectivity index is 1.15. The fourth-order valence-corrected chi connectivity index (χ4v) is 8.43. The van der Waals surface area contributed by atoms with Crippen LogP contribution in [0.15, 0.2) is 85.0 Å². The second-order valence-corrected chi connectivity index (χ2v) is 19.1. The fraction of sp³-hybridized carbons (Fsp3) is 0.620. The fourth-order valence-electron chi connectivity index (χ4n) is 8.43. The lowest BCUT2D eigenvalue weighted by Crippen LogP contribution is -2.62. The molecule has 2 aromatic rings. The van der Waals surface area contributed by atoms with Gasteiger partial charge < -0.3 is 84.3 Å². The zero-order valence-electron chi connectivity index (χ0n) is 40.7. The van der Waals surface area contributed by atoms with Crippen LogP contribution in [0.5, 0.6) is 0 Å². The van der Waals surface area contributed by atoms with Crippen LogP contribution in [-0.4, -0.2) is 156 Å². The summed E-state index contributed by atoms with van der Waals surface area (Å²) in [6.07, 6.45) is -6.81. The van der Waals surface area contributed by atoms with E-state index in [1.165, 1.54) is 0 Å². The van der Waals surface area contributed by atoms with E-state index < -0.39 is 110 Å². The molecule has 20 nitrogen and oxygen atoms in total. The predicted octanol–water partition coefficient (Wildman–Crippen LogP) is 3.29. The highest BCUT2D eigenvalue weighted by molar-refractivity contribution is 5.68. The van der Waals surface area contributed by atoms with Gasteiger partial charge >= 0.3 is 18.3 Å². The maximum Gasteiger partial charge on any atom is 0.408 e. The molecule has 1 saturated heterocycles. The number of aliphatic hydroxyl groups is 4. The van der Waals surface area contributed by atoms with Crippen molar-refractivity contribution in [2.45, 2.75) is 159 Å². The molecule has 16 unspecified atom stereocenters. The number of ether oxygens (including phenoxy) is 9. The lowest BCUT2D eigenvalue weighted by molar-refractivity contribution is -0.290. The Morgan fingerprint density at radius 1 is 0.714 bits per heavy atom. The van der Waals surface area contributed by atoms with Gasteiger partial charge in [-0.25, -0.2) is 14.4 Å². The van der Waals surface area contributed by atoms with Gasteiger partial charge in [-0.05, 0) is 50.7 Å². The zero-order chi connectivity index (χ0) is 50.4. The van der Waals surface area contributed by atoms with Crippen LogP contribution in [0.1, 0.15) is 65.5 Å². The van der Waals surface area contributed by atoms with Crippen molar-refractivity contribution >= 4 is 18.3 Å². The van der Waals surface area contributed by atoms with Gasteiger partial charge in [-0.3, -0.25) is 0 Å². The monoisotopic (exact) mass is 984 g/mol. The predicted molar refractivity (Wildman–Crippen MR) is 251 cm³/mol.